The number of hydrogen-bond donors (Lipinski definition) is 0. The highest BCUT2D eigenvalue weighted by Gasteiger charge is 2.28. The van der Waals surface area contributed by atoms with Crippen LogP contribution in [-0.4, -0.2) is 40.4 Å². The Balaban J connectivity index is 1.49. The monoisotopic (exact) mass is 420 g/mol. The molecule has 3 heterocycles. The van der Waals surface area contributed by atoms with Gasteiger partial charge in [-0.25, -0.2) is 9.97 Å². The molecule has 2 aromatic heterocycles. The summed E-state index contributed by atoms with van der Waals surface area (Å²) in [5.41, 5.74) is 3.81. The van der Waals surface area contributed by atoms with E-state index in [0.29, 0.717) is 6.04 Å². The van der Waals surface area contributed by atoms with E-state index in [9.17, 15) is 4.79 Å². The van der Waals surface area contributed by atoms with Gasteiger partial charge < -0.3 is 9.80 Å². The van der Waals surface area contributed by atoms with Crippen molar-refractivity contribution < 1.29 is 4.79 Å². The summed E-state index contributed by atoms with van der Waals surface area (Å²) in [6.07, 6.45) is 8.63. The molecule has 2 aliphatic rings. The van der Waals surface area contributed by atoms with Gasteiger partial charge in [-0.1, -0.05) is 43.5 Å². The molecule has 1 aliphatic carbocycles. The smallest absolute Gasteiger partial charge is 0.264 e. The fraction of sp³-hybridized carbons (Fsp3) is 0.458. The molecule has 0 saturated heterocycles. The Morgan fingerprint density at radius 2 is 1.90 bits per heavy atom. The lowest BCUT2D eigenvalue weighted by molar-refractivity contribution is 0.0700. The van der Waals surface area contributed by atoms with Crippen molar-refractivity contribution in [1.29, 1.82) is 0 Å². The molecule has 0 spiro atoms. The second kappa shape index (κ2) is 7.99. The lowest BCUT2D eigenvalue weighted by Crippen LogP contribution is -2.38. The Morgan fingerprint density at radius 3 is 2.70 bits per heavy atom. The molecular weight excluding hydrogens is 392 g/mol. The molecule has 5 rings (SSSR count). The quantitative estimate of drug-likeness (QED) is 0.600. The zero-order chi connectivity index (χ0) is 20.7. The molecule has 0 bridgehead atoms. The van der Waals surface area contributed by atoms with Gasteiger partial charge in [0.05, 0.1) is 10.3 Å². The Hall–Kier alpha value is -2.47. The Labute approximate surface area is 181 Å². The molecule has 1 saturated carbocycles. The minimum atomic E-state index is 0.136. The van der Waals surface area contributed by atoms with Crippen molar-refractivity contribution in [2.75, 3.05) is 18.5 Å². The van der Waals surface area contributed by atoms with Crippen molar-refractivity contribution in [3.63, 3.8) is 0 Å². The van der Waals surface area contributed by atoms with Gasteiger partial charge >= 0.3 is 0 Å². The number of nitrogens with zero attached hydrogens (tertiary/aromatic N) is 4. The number of benzene rings is 1. The molecule has 0 radical (unpaired) electrons. The van der Waals surface area contributed by atoms with Gasteiger partial charge in [0.1, 0.15) is 17.0 Å². The first-order valence-electron chi connectivity index (χ1n) is 11.0. The van der Waals surface area contributed by atoms with Gasteiger partial charge in [0.2, 0.25) is 0 Å². The Morgan fingerprint density at radius 1 is 1.13 bits per heavy atom. The van der Waals surface area contributed by atoms with E-state index >= 15 is 0 Å². The molecule has 1 amide bonds. The SMILES string of the molecule is Cc1c(C(=O)N(C)C2CCCCC2)sc2ncnc(N3CCc4ccccc4C3)c12. The van der Waals surface area contributed by atoms with E-state index < -0.39 is 0 Å². The van der Waals surface area contributed by atoms with Gasteiger partial charge in [0.15, 0.2) is 0 Å². The molecule has 0 atom stereocenters. The van der Waals surface area contributed by atoms with Crippen LogP contribution in [0, 0.1) is 6.92 Å². The topological polar surface area (TPSA) is 49.3 Å². The number of anilines is 1. The summed E-state index contributed by atoms with van der Waals surface area (Å²) >= 11 is 1.52. The number of amides is 1. The number of thiophene rings is 1. The maximum absolute atomic E-state index is 13.4. The summed E-state index contributed by atoms with van der Waals surface area (Å²) in [7, 11) is 1.97. The van der Waals surface area contributed by atoms with Gasteiger partial charge in [-0.3, -0.25) is 4.79 Å². The molecule has 1 aliphatic heterocycles. The molecule has 0 N–H and O–H groups in total. The van der Waals surface area contributed by atoms with Crippen LogP contribution in [0.2, 0.25) is 0 Å². The summed E-state index contributed by atoms with van der Waals surface area (Å²) in [5.74, 6) is 1.10. The van der Waals surface area contributed by atoms with Gasteiger partial charge in [-0.05, 0) is 42.9 Å². The minimum absolute atomic E-state index is 0.136. The van der Waals surface area contributed by atoms with E-state index in [2.05, 4.69) is 46.1 Å². The molecule has 30 heavy (non-hydrogen) atoms. The van der Waals surface area contributed by atoms with Gasteiger partial charge in [-0.2, -0.15) is 0 Å². The normalized spacial score (nSPS) is 17.2. The number of rotatable bonds is 3. The van der Waals surface area contributed by atoms with Gasteiger partial charge in [0.25, 0.3) is 5.91 Å². The fourth-order valence-electron chi connectivity index (χ4n) is 4.97. The van der Waals surface area contributed by atoms with Gasteiger partial charge in [0, 0.05) is 26.2 Å². The number of carbonyl (C=O) groups is 1. The van der Waals surface area contributed by atoms with Crippen LogP contribution in [0.4, 0.5) is 5.82 Å². The van der Waals surface area contributed by atoms with Crippen LogP contribution in [0.25, 0.3) is 10.2 Å². The highest BCUT2D eigenvalue weighted by atomic mass is 32.1. The van der Waals surface area contributed by atoms with Crippen LogP contribution < -0.4 is 4.90 Å². The van der Waals surface area contributed by atoms with E-state index in [1.54, 1.807) is 6.33 Å². The number of fused-ring (bicyclic) bond motifs is 2. The van der Waals surface area contributed by atoms with Crippen LogP contribution in [-0.2, 0) is 13.0 Å². The molecule has 1 aromatic carbocycles. The number of aromatic nitrogens is 2. The fourth-order valence-corrected chi connectivity index (χ4v) is 6.09. The van der Waals surface area contributed by atoms with Crippen LogP contribution >= 0.6 is 11.3 Å². The van der Waals surface area contributed by atoms with Crippen LogP contribution in [0.5, 0.6) is 0 Å². The average molecular weight is 421 g/mol. The molecular formula is C24H28N4OS. The van der Waals surface area contributed by atoms with E-state index in [-0.39, 0.29) is 5.91 Å². The zero-order valence-electron chi connectivity index (χ0n) is 17.7. The molecule has 0 unspecified atom stereocenters. The summed E-state index contributed by atoms with van der Waals surface area (Å²) < 4.78 is 0. The maximum atomic E-state index is 13.4. The highest BCUT2D eigenvalue weighted by Crippen LogP contribution is 2.37. The number of hydrogen-bond acceptors (Lipinski definition) is 5. The summed E-state index contributed by atoms with van der Waals surface area (Å²) in [4.78, 5) is 28.6. The number of aryl methyl sites for hydroxylation is 1. The predicted octanol–water partition coefficient (Wildman–Crippen LogP) is 4.97. The average Bonchev–Trinajstić information content (AvgIpc) is 3.15. The lowest BCUT2D eigenvalue weighted by atomic mass is 9.94. The first-order chi connectivity index (χ1) is 14.6. The third kappa shape index (κ3) is 3.37. The minimum Gasteiger partial charge on any atom is -0.351 e. The number of carbonyl (C=O) groups excluding carboxylic acids is 1. The molecule has 5 nitrogen and oxygen atoms in total. The largest absolute Gasteiger partial charge is 0.351 e. The molecule has 156 valence electrons. The Bertz CT molecular complexity index is 1090. The third-order valence-corrected chi connectivity index (χ3v) is 7.96. The third-order valence-electron chi connectivity index (χ3n) is 6.77. The molecule has 6 heteroatoms. The second-order valence-electron chi connectivity index (χ2n) is 8.58. The van der Waals surface area contributed by atoms with Crippen LogP contribution in [0.3, 0.4) is 0 Å². The maximum Gasteiger partial charge on any atom is 0.264 e. The summed E-state index contributed by atoms with van der Waals surface area (Å²) in [5, 5.41) is 1.04. The van der Waals surface area contributed by atoms with Crippen molar-refractivity contribution >= 4 is 33.3 Å². The van der Waals surface area contributed by atoms with Crippen molar-refractivity contribution in [3.05, 3.63) is 52.2 Å². The van der Waals surface area contributed by atoms with Crippen LogP contribution in [0.15, 0.2) is 30.6 Å². The van der Waals surface area contributed by atoms with E-state index in [1.165, 1.54) is 41.7 Å². The van der Waals surface area contributed by atoms with E-state index in [4.69, 9.17) is 0 Å². The van der Waals surface area contributed by atoms with Gasteiger partial charge in [-0.15, -0.1) is 11.3 Å². The summed E-state index contributed by atoms with van der Waals surface area (Å²) in [6.45, 7) is 3.85. The van der Waals surface area contributed by atoms with Crippen molar-refractivity contribution in [3.8, 4) is 0 Å². The first kappa shape index (κ1) is 19.5. The van der Waals surface area contributed by atoms with Crippen molar-refractivity contribution in [2.45, 2.75) is 58.0 Å². The highest BCUT2D eigenvalue weighted by molar-refractivity contribution is 7.20. The Kier molecular flexibility index (Phi) is 5.19. The van der Waals surface area contributed by atoms with Crippen molar-refractivity contribution in [1.82, 2.24) is 14.9 Å². The van der Waals surface area contributed by atoms with Crippen LogP contribution in [0.1, 0.15) is 58.5 Å². The van der Waals surface area contributed by atoms with E-state index in [1.807, 2.05) is 11.9 Å². The summed E-state index contributed by atoms with van der Waals surface area (Å²) in [6, 6.07) is 9.00. The van der Waals surface area contributed by atoms with E-state index in [0.717, 1.165) is 58.8 Å². The predicted molar refractivity (Wildman–Crippen MR) is 122 cm³/mol. The standard InChI is InChI=1S/C24H28N4OS/c1-16-20-22(28-13-12-17-8-6-7-9-18(17)14-28)25-15-26-23(20)30-21(16)24(29)27(2)19-10-4-3-5-11-19/h6-9,15,19H,3-5,10-14H2,1-2H3. The lowest BCUT2D eigenvalue weighted by Gasteiger charge is -2.31. The zero-order valence-corrected chi connectivity index (χ0v) is 18.5. The molecule has 3 aromatic rings. The van der Waals surface area contributed by atoms with Crippen molar-refractivity contribution in [2.24, 2.45) is 0 Å². The second-order valence-corrected chi connectivity index (χ2v) is 9.58. The first-order valence-corrected chi connectivity index (χ1v) is 11.8. The molecule has 1 fully saturated rings.